The summed E-state index contributed by atoms with van der Waals surface area (Å²) < 4.78 is 4.86. The van der Waals surface area contributed by atoms with Crippen LogP contribution in [0.4, 0.5) is 0 Å². The molecule has 2 rings (SSSR count). The van der Waals surface area contributed by atoms with Gasteiger partial charge in [-0.2, -0.15) is 0 Å². The Morgan fingerprint density at radius 3 is 2.35 bits per heavy atom. The van der Waals surface area contributed by atoms with Crippen LogP contribution in [-0.4, -0.2) is 44.0 Å². The molecule has 3 nitrogen and oxygen atoms in total. The largest absolute Gasteiger partial charge is 0.377 e. The number of ether oxygens (including phenoxy) is 1. The van der Waals surface area contributed by atoms with E-state index in [1.165, 1.54) is 11.1 Å². The van der Waals surface area contributed by atoms with Crippen molar-refractivity contribution in [3.63, 3.8) is 0 Å². The third kappa shape index (κ3) is 3.38. The van der Waals surface area contributed by atoms with Gasteiger partial charge in [0.2, 0.25) is 0 Å². The van der Waals surface area contributed by atoms with Crippen LogP contribution >= 0.6 is 0 Å². The summed E-state index contributed by atoms with van der Waals surface area (Å²) >= 11 is 0. The predicted octanol–water partition coefficient (Wildman–Crippen LogP) is 1.30. The Labute approximate surface area is 102 Å². The minimum atomic E-state index is 0.165. The van der Waals surface area contributed by atoms with Crippen LogP contribution in [0.5, 0.6) is 0 Å². The van der Waals surface area contributed by atoms with Crippen LogP contribution in [0, 0.1) is 0 Å². The Kier molecular flexibility index (Phi) is 4.29. The molecule has 17 heavy (non-hydrogen) atoms. The maximum Gasteiger partial charge on any atom is 0.172 e. The van der Waals surface area contributed by atoms with E-state index in [1.54, 1.807) is 7.11 Å². The van der Waals surface area contributed by atoms with E-state index in [0.29, 0.717) is 6.54 Å². The lowest BCUT2D eigenvalue weighted by Crippen LogP contribution is -2.33. The number of rotatable bonds is 4. The van der Waals surface area contributed by atoms with Gasteiger partial charge in [-0.05, 0) is 24.0 Å². The molecule has 1 aliphatic heterocycles. The lowest BCUT2D eigenvalue weighted by molar-refractivity contribution is -0.123. The van der Waals surface area contributed by atoms with Gasteiger partial charge in [-0.3, -0.25) is 9.69 Å². The average molecular weight is 233 g/mol. The Balaban J connectivity index is 1.93. The molecule has 0 aliphatic carbocycles. The number of hydrogen-bond donors (Lipinski definition) is 0. The molecule has 0 unspecified atom stereocenters. The van der Waals surface area contributed by atoms with Crippen molar-refractivity contribution in [3.8, 4) is 0 Å². The zero-order valence-corrected chi connectivity index (χ0v) is 10.3. The zero-order valence-electron chi connectivity index (χ0n) is 10.3. The van der Waals surface area contributed by atoms with Gasteiger partial charge in [0.15, 0.2) is 5.78 Å². The Hall–Kier alpha value is -1.19. The first-order valence-corrected chi connectivity index (χ1v) is 6.09. The van der Waals surface area contributed by atoms with E-state index >= 15 is 0 Å². The summed E-state index contributed by atoms with van der Waals surface area (Å²) in [6.45, 7) is 2.67. The quantitative estimate of drug-likeness (QED) is 0.785. The number of ketones is 1. The highest BCUT2D eigenvalue weighted by atomic mass is 16.5. The van der Waals surface area contributed by atoms with E-state index in [-0.39, 0.29) is 12.4 Å². The van der Waals surface area contributed by atoms with Gasteiger partial charge in [0, 0.05) is 20.2 Å². The topological polar surface area (TPSA) is 29.5 Å². The Bertz CT molecular complexity index is 363. The van der Waals surface area contributed by atoms with Crippen LogP contribution in [0.25, 0.3) is 0 Å². The first kappa shape index (κ1) is 12.3. The van der Waals surface area contributed by atoms with Crippen molar-refractivity contribution in [1.82, 2.24) is 4.90 Å². The number of nitrogens with zero attached hydrogens (tertiary/aromatic N) is 1. The summed E-state index contributed by atoms with van der Waals surface area (Å²) in [4.78, 5) is 13.8. The maximum atomic E-state index is 11.5. The molecule has 0 spiro atoms. The van der Waals surface area contributed by atoms with Gasteiger partial charge in [-0.1, -0.05) is 24.3 Å². The highest BCUT2D eigenvalue weighted by Gasteiger charge is 2.15. The third-order valence-electron chi connectivity index (χ3n) is 3.22. The summed E-state index contributed by atoms with van der Waals surface area (Å²) in [5, 5.41) is 0. The SMILES string of the molecule is COCC(=O)CN1CCc2ccccc2CC1. The summed E-state index contributed by atoms with van der Waals surface area (Å²) in [6, 6.07) is 8.56. The average Bonchev–Trinajstić information content (AvgIpc) is 2.53. The fourth-order valence-corrected chi connectivity index (χ4v) is 2.33. The number of carbonyl (C=O) groups excluding carboxylic acids is 1. The van der Waals surface area contributed by atoms with Gasteiger partial charge in [0.05, 0.1) is 6.54 Å². The normalized spacial score (nSPS) is 16.3. The van der Waals surface area contributed by atoms with Crippen molar-refractivity contribution in [2.45, 2.75) is 12.8 Å². The minimum absolute atomic E-state index is 0.165. The van der Waals surface area contributed by atoms with Crippen molar-refractivity contribution >= 4 is 5.78 Å². The van der Waals surface area contributed by atoms with Crippen LogP contribution in [0.3, 0.4) is 0 Å². The first-order chi connectivity index (χ1) is 8.29. The standard InChI is InChI=1S/C14H19NO2/c1-17-11-14(16)10-15-8-6-12-4-2-3-5-13(12)7-9-15/h2-5H,6-11H2,1H3. The predicted molar refractivity (Wildman–Crippen MR) is 67.2 cm³/mol. The molecule has 0 N–H and O–H groups in total. The van der Waals surface area contributed by atoms with E-state index in [1.807, 2.05) is 0 Å². The molecule has 0 saturated carbocycles. The number of carbonyl (C=O) groups is 1. The molecular formula is C14H19NO2. The number of hydrogen-bond acceptors (Lipinski definition) is 3. The van der Waals surface area contributed by atoms with Crippen molar-refractivity contribution < 1.29 is 9.53 Å². The molecule has 1 aromatic rings. The van der Waals surface area contributed by atoms with Crippen LogP contribution in [0.2, 0.25) is 0 Å². The van der Waals surface area contributed by atoms with Crippen LogP contribution in [0.15, 0.2) is 24.3 Å². The van der Waals surface area contributed by atoms with E-state index in [0.717, 1.165) is 25.9 Å². The summed E-state index contributed by atoms with van der Waals surface area (Å²) in [5.41, 5.74) is 2.85. The Morgan fingerprint density at radius 1 is 1.24 bits per heavy atom. The monoisotopic (exact) mass is 233 g/mol. The molecular weight excluding hydrogens is 214 g/mol. The first-order valence-electron chi connectivity index (χ1n) is 6.09. The summed E-state index contributed by atoms with van der Waals surface area (Å²) in [7, 11) is 1.57. The lowest BCUT2D eigenvalue weighted by Gasteiger charge is -2.18. The molecule has 92 valence electrons. The van der Waals surface area contributed by atoms with Gasteiger partial charge in [0.25, 0.3) is 0 Å². The number of fused-ring (bicyclic) bond motifs is 1. The maximum absolute atomic E-state index is 11.5. The fraction of sp³-hybridized carbons (Fsp3) is 0.500. The highest BCUT2D eigenvalue weighted by molar-refractivity contribution is 5.81. The Morgan fingerprint density at radius 2 is 1.82 bits per heavy atom. The van der Waals surface area contributed by atoms with Gasteiger partial charge in [0.1, 0.15) is 6.61 Å². The highest BCUT2D eigenvalue weighted by Crippen LogP contribution is 2.15. The second-order valence-electron chi connectivity index (χ2n) is 4.52. The molecule has 0 saturated heterocycles. The summed E-state index contributed by atoms with van der Waals surface area (Å²) in [5.74, 6) is 0.165. The van der Waals surface area contributed by atoms with Gasteiger partial charge in [-0.25, -0.2) is 0 Å². The van der Waals surface area contributed by atoms with Crippen molar-refractivity contribution in [1.29, 1.82) is 0 Å². The van der Waals surface area contributed by atoms with Crippen LogP contribution < -0.4 is 0 Å². The smallest absolute Gasteiger partial charge is 0.172 e. The molecule has 0 amide bonds. The van der Waals surface area contributed by atoms with E-state index in [4.69, 9.17) is 4.74 Å². The second-order valence-corrected chi connectivity index (χ2v) is 4.52. The summed E-state index contributed by atoms with van der Waals surface area (Å²) in [6.07, 6.45) is 2.08. The van der Waals surface area contributed by atoms with Crippen LogP contribution in [0.1, 0.15) is 11.1 Å². The molecule has 0 atom stereocenters. The number of methoxy groups -OCH3 is 1. The van der Waals surface area contributed by atoms with Gasteiger partial charge in [-0.15, -0.1) is 0 Å². The van der Waals surface area contributed by atoms with Crippen molar-refractivity contribution in [3.05, 3.63) is 35.4 Å². The zero-order chi connectivity index (χ0) is 12.1. The van der Waals surface area contributed by atoms with Crippen LogP contribution in [-0.2, 0) is 22.4 Å². The molecule has 0 radical (unpaired) electrons. The van der Waals surface area contributed by atoms with Crippen molar-refractivity contribution in [2.24, 2.45) is 0 Å². The van der Waals surface area contributed by atoms with Gasteiger partial charge >= 0.3 is 0 Å². The molecule has 1 heterocycles. The van der Waals surface area contributed by atoms with E-state index in [9.17, 15) is 4.79 Å². The van der Waals surface area contributed by atoms with Gasteiger partial charge < -0.3 is 4.74 Å². The lowest BCUT2D eigenvalue weighted by atomic mass is 10.0. The minimum Gasteiger partial charge on any atom is -0.377 e. The molecule has 0 fully saturated rings. The molecule has 0 bridgehead atoms. The molecule has 1 aliphatic rings. The van der Waals surface area contributed by atoms with E-state index < -0.39 is 0 Å². The third-order valence-corrected chi connectivity index (χ3v) is 3.22. The fourth-order valence-electron chi connectivity index (χ4n) is 2.33. The van der Waals surface area contributed by atoms with Crippen molar-refractivity contribution in [2.75, 3.05) is 33.4 Å². The molecule has 1 aromatic carbocycles. The van der Waals surface area contributed by atoms with E-state index in [2.05, 4.69) is 29.2 Å². The number of benzene rings is 1. The molecule has 3 heteroatoms. The second kappa shape index (κ2) is 5.94. The number of Topliss-reactive ketones (excluding diaryl/α,β-unsaturated/α-hetero) is 1. The molecule has 0 aromatic heterocycles.